The van der Waals surface area contributed by atoms with Crippen LogP contribution in [0, 0.1) is 6.92 Å². The summed E-state index contributed by atoms with van der Waals surface area (Å²) >= 11 is 3.46. The lowest BCUT2D eigenvalue weighted by Gasteiger charge is -2.21. The molecule has 0 fully saturated rings. The third-order valence-corrected chi connectivity index (χ3v) is 5.68. The molecule has 0 unspecified atom stereocenters. The van der Waals surface area contributed by atoms with Gasteiger partial charge < -0.3 is 10.1 Å². The SMILES string of the molecule is COc1ccc(C2=Nc3cccnc3N(CC(=O)Nc3ccc(C)cc3Br)C(=O)C2)cc1. The van der Waals surface area contributed by atoms with Crippen LogP contribution in [0.4, 0.5) is 17.2 Å². The van der Waals surface area contributed by atoms with Gasteiger partial charge in [-0.3, -0.25) is 14.5 Å². The quantitative estimate of drug-likeness (QED) is 0.561. The van der Waals surface area contributed by atoms with Gasteiger partial charge in [-0.25, -0.2) is 9.98 Å². The molecule has 1 aliphatic heterocycles. The average molecular weight is 493 g/mol. The number of rotatable bonds is 5. The Balaban J connectivity index is 1.60. The van der Waals surface area contributed by atoms with Crippen molar-refractivity contribution in [2.45, 2.75) is 13.3 Å². The number of carbonyl (C=O) groups is 2. The predicted molar refractivity (Wildman–Crippen MR) is 128 cm³/mol. The van der Waals surface area contributed by atoms with Gasteiger partial charge in [-0.05, 0) is 82.5 Å². The summed E-state index contributed by atoms with van der Waals surface area (Å²) in [6, 6.07) is 16.5. The number of anilines is 2. The molecular formula is C24H21BrN4O3. The maximum absolute atomic E-state index is 13.2. The molecule has 8 heteroatoms. The van der Waals surface area contributed by atoms with E-state index in [0.29, 0.717) is 22.9 Å². The zero-order valence-corrected chi connectivity index (χ0v) is 19.2. The Morgan fingerprint density at radius 1 is 1.19 bits per heavy atom. The molecule has 2 aromatic carbocycles. The monoisotopic (exact) mass is 492 g/mol. The smallest absolute Gasteiger partial charge is 0.244 e. The highest BCUT2D eigenvalue weighted by Crippen LogP contribution is 2.31. The van der Waals surface area contributed by atoms with Gasteiger partial charge in [0.25, 0.3) is 0 Å². The summed E-state index contributed by atoms with van der Waals surface area (Å²) in [5.41, 5.74) is 3.66. The van der Waals surface area contributed by atoms with E-state index in [2.05, 4.69) is 26.2 Å². The van der Waals surface area contributed by atoms with E-state index in [4.69, 9.17) is 9.73 Å². The van der Waals surface area contributed by atoms with E-state index in [9.17, 15) is 9.59 Å². The van der Waals surface area contributed by atoms with Crippen LogP contribution in [0.5, 0.6) is 5.75 Å². The van der Waals surface area contributed by atoms with Crippen molar-refractivity contribution in [3.8, 4) is 5.75 Å². The molecule has 1 aromatic heterocycles. The van der Waals surface area contributed by atoms with Crippen LogP contribution in [0.25, 0.3) is 0 Å². The number of fused-ring (bicyclic) bond motifs is 1. The molecule has 2 heterocycles. The number of nitrogens with one attached hydrogen (secondary N) is 1. The molecule has 0 spiro atoms. The second kappa shape index (κ2) is 9.32. The molecule has 1 N–H and O–H groups in total. The number of nitrogens with zero attached hydrogens (tertiary/aromatic N) is 3. The number of methoxy groups -OCH3 is 1. The topological polar surface area (TPSA) is 83.9 Å². The van der Waals surface area contributed by atoms with Gasteiger partial charge in [0, 0.05) is 10.7 Å². The van der Waals surface area contributed by atoms with Crippen LogP contribution in [-0.4, -0.2) is 36.2 Å². The number of hydrogen-bond donors (Lipinski definition) is 1. The molecule has 162 valence electrons. The number of benzene rings is 2. The summed E-state index contributed by atoms with van der Waals surface area (Å²) in [4.78, 5) is 36.4. The molecule has 0 saturated carbocycles. The van der Waals surface area contributed by atoms with Gasteiger partial charge in [-0.2, -0.15) is 0 Å². The van der Waals surface area contributed by atoms with Crippen molar-refractivity contribution in [2.24, 2.45) is 4.99 Å². The Hall–Kier alpha value is -3.52. The van der Waals surface area contributed by atoms with E-state index in [1.54, 1.807) is 25.4 Å². The Kier molecular flexibility index (Phi) is 6.32. The highest BCUT2D eigenvalue weighted by atomic mass is 79.9. The molecule has 0 saturated heterocycles. The number of ether oxygens (including phenoxy) is 1. The fourth-order valence-corrected chi connectivity index (χ4v) is 3.99. The van der Waals surface area contributed by atoms with Gasteiger partial charge in [0.15, 0.2) is 5.82 Å². The highest BCUT2D eigenvalue weighted by molar-refractivity contribution is 9.10. The number of aromatic nitrogens is 1. The van der Waals surface area contributed by atoms with Crippen molar-refractivity contribution in [2.75, 3.05) is 23.9 Å². The number of halogens is 1. The van der Waals surface area contributed by atoms with Crippen LogP contribution < -0.4 is 15.0 Å². The number of hydrogen-bond acceptors (Lipinski definition) is 5. The molecule has 2 amide bonds. The van der Waals surface area contributed by atoms with Gasteiger partial charge in [0.2, 0.25) is 11.8 Å². The van der Waals surface area contributed by atoms with Gasteiger partial charge in [-0.1, -0.05) is 6.07 Å². The van der Waals surface area contributed by atoms with Gasteiger partial charge in [-0.15, -0.1) is 0 Å². The summed E-state index contributed by atoms with van der Waals surface area (Å²) in [7, 11) is 1.60. The second-order valence-corrected chi connectivity index (χ2v) is 8.18. The molecular weight excluding hydrogens is 472 g/mol. The van der Waals surface area contributed by atoms with E-state index < -0.39 is 0 Å². The zero-order chi connectivity index (χ0) is 22.7. The molecule has 0 bridgehead atoms. The first-order valence-electron chi connectivity index (χ1n) is 9.98. The lowest BCUT2D eigenvalue weighted by molar-refractivity contribution is -0.120. The average Bonchev–Trinajstić information content (AvgIpc) is 2.92. The molecule has 0 aliphatic carbocycles. The maximum atomic E-state index is 13.2. The van der Waals surface area contributed by atoms with Crippen LogP contribution in [-0.2, 0) is 9.59 Å². The zero-order valence-electron chi connectivity index (χ0n) is 17.6. The summed E-state index contributed by atoms with van der Waals surface area (Å²) in [6.45, 7) is 1.80. The van der Waals surface area contributed by atoms with Crippen LogP contribution in [0.1, 0.15) is 17.5 Å². The Morgan fingerprint density at radius 3 is 2.69 bits per heavy atom. The summed E-state index contributed by atoms with van der Waals surface area (Å²) in [6.07, 6.45) is 1.63. The number of aryl methyl sites for hydroxylation is 1. The first-order chi connectivity index (χ1) is 15.4. The Labute approximate surface area is 194 Å². The molecule has 3 aromatic rings. The van der Waals surface area contributed by atoms with Crippen LogP contribution in [0.3, 0.4) is 0 Å². The standard InChI is InChI=1S/C24H21BrN4O3/c1-15-5-10-19(18(25)12-15)28-22(30)14-29-23(31)13-21(16-6-8-17(32-2)9-7-16)27-20-4-3-11-26-24(20)29/h3-12H,13-14H2,1-2H3,(H,28,30). The summed E-state index contributed by atoms with van der Waals surface area (Å²) in [5, 5.41) is 2.85. The summed E-state index contributed by atoms with van der Waals surface area (Å²) in [5.74, 6) is 0.499. The van der Waals surface area contributed by atoms with Crippen molar-refractivity contribution in [3.05, 3.63) is 76.4 Å². The minimum Gasteiger partial charge on any atom is -0.497 e. The first-order valence-corrected chi connectivity index (χ1v) is 10.8. The number of carbonyl (C=O) groups excluding carboxylic acids is 2. The van der Waals surface area contributed by atoms with Gasteiger partial charge >= 0.3 is 0 Å². The fourth-order valence-electron chi connectivity index (χ4n) is 3.39. The van der Waals surface area contributed by atoms with E-state index in [1.165, 1.54) is 4.90 Å². The van der Waals surface area contributed by atoms with Crippen molar-refractivity contribution in [3.63, 3.8) is 0 Å². The molecule has 32 heavy (non-hydrogen) atoms. The third-order valence-electron chi connectivity index (χ3n) is 5.02. The Bertz CT molecular complexity index is 1210. The largest absolute Gasteiger partial charge is 0.497 e. The normalized spacial score (nSPS) is 13.2. The van der Waals surface area contributed by atoms with E-state index in [-0.39, 0.29) is 24.8 Å². The summed E-state index contributed by atoms with van der Waals surface area (Å²) < 4.78 is 5.98. The van der Waals surface area contributed by atoms with Crippen LogP contribution in [0.2, 0.25) is 0 Å². The minimum absolute atomic E-state index is 0.0458. The maximum Gasteiger partial charge on any atom is 0.244 e. The highest BCUT2D eigenvalue weighted by Gasteiger charge is 2.28. The Morgan fingerprint density at radius 2 is 1.97 bits per heavy atom. The number of pyridine rings is 1. The lowest BCUT2D eigenvalue weighted by atomic mass is 10.1. The first kappa shape index (κ1) is 21.7. The van der Waals surface area contributed by atoms with Crippen molar-refractivity contribution in [1.29, 1.82) is 0 Å². The van der Waals surface area contributed by atoms with Crippen molar-refractivity contribution >= 4 is 50.6 Å². The van der Waals surface area contributed by atoms with Crippen molar-refractivity contribution in [1.82, 2.24) is 4.98 Å². The van der Waals surface area contributed by atoms with Crippen LogP contribution >= 0.6 is 15.9 Å². The second-order valence-electron chi connectivity index (χ2n) is 7.32. The molecule has 1 aliphatic rings. The fraction of sp³-hybridized carbons (Fsp3) is 0.167. The predicted octanol–water partition coefficient (Wildman–Crippen LogP) is 4.66. The van der Waals surface area contributed by atoms with Crippen molar-refractivity contribution < 1.29 is 14.3 Å². The number of aliphatic imine (C=N–C) groups is 1. The van der Waals surface area contributed by atoms with Gasteiger partial charge in [0.1, 0.15) is 18.0 Å². The van der Waals surface area contributed by atoms with Gasteiger partial charge in [0.05, 0.1) is 24.9 Å². The molecule has 0 radical (unpaired) electrons. The molecule has 0 atom stereocenters. The number of amides is 2. The molecule has 4 rings (SSSR count). The lowest BCUT2D eigenvalue weighted by Crippen LogP contribution is -2.39. The minimum atomic E-state index is -0.326. The van der Waals surface area contributed by atoms with E-state index in [0.717, 1.165) is 21.3 Å². The van der Waals surface area contributed by atoms with Crippen LogP contribution in [0.15, 0.2) is 70.3 Å². The third kappa shape index (κ3) is 4.70. The molecule has 7 nitrogen and oxygen atoms in total. The van der Waals surface area contributed by atoms with E-state index in [1.807, 2.05) is 49.4 Å². The van der Waals surface area contributed by atoms with E-state index >= 15 is 0 Å².